The number of halogens is 1. The number of carbonyl (C=O) groups is 1. The maximum Gasteiger partial charge on any atom is 0.272 e. The fourth-order valence-corrected chi connectivity index (χ4v) is 1.94. The molecule has 2 aromatic rings. The van der Waals surface area contributed by atoms with Gasteiger partial charge in [-0.05, 0) is 43.7 Å². The van der Waals surface area contributed by atoms with Crippen LogP contribution >= 0.6 is 0 Å². The van der Waals surface area contributed by atoms with E-state index in [1.54, 1.807) is 19.9 Å². The molecule has 0 radical (unpaired) electrons. The third-order valence-corrected chi connectivity index (χ3v) is 3.02. The zero-order valence-electron chi connectivity index (χ0n) is 11.5. The number of anilines is 1. The summed E-state index contributed by atoms with van der Waals surface area (Å²) in [5, 5.41) is 13.2. The van der Waals surface area contributed by atoms with Gasteiger partial charge in [0.15, 0.2) is 0 Å². The molecule has 2 rings (SSSR count). The second kappa shape index (κ2) is 5.70. The van der Waals surface area contributed by atoms with Gasteiger partial charge >= 0.3 is 0 Å². The largest absolute Gasteiger partial charge is 0.322 e. The zero-order valence-corrected chi connectivity index (χ0v) is 11.5. The van der Waals surface area contributed by atoms with Crippen LogP contribution in [0.4, 0.5) is 15.8 Å². The normalized spacial score (nSPS) is 10.2. The van der Waals surface area contributed by atoms with Crippen molar-refractivity contribution in [3.63, 3.8) is 0 Å². The molecule has 5 nitrogen and oxygen atoms in total. The summed E-state index contributed by atoms with van der Waals surface area (Å²) >= 11 is 0. The van der Waals surface area contributed by atoms with E-state index in [9.17, 15) is 19.3 Å². The Bertz CT molecular complexity index is 729. The van der Waals surface area contributed by atoms with Gasteiger partial charge in [0, 0.05) is 17.3 Å². The molecule has 21 heavy (non-hydrogen) atoms. The van der Waals surface area contributed by atoms with Gasteiger partial charge in [0.2, 0.25) is 0 Å². The van der Waals surface area contributed by atoms with Gasteiger partial charge < -0.3 is 5.32 Å². The van der Waals surface area contributed by atoms with Crippen molar-refractivity contribution in [1.82, 2.24) is 0 Å². The minimum atomic E-state index is -0.605. The highest BCUT2D eigenvalue weighted by atomic mass is 19.1. The number of hydrogen-bond acceptors (Lipinski definition) is 3. The van der Waals surface area contributed by atoms with Crippen molar-refractivity contribution in [1.29, 1.82) is 0 Å². The highest BCUT2D eigenvalue weighted by Crippen LogP contribution is 2.22. The van der Waals surface area contributed by atoms with Crippen molar-refractivity contribution >= 4 is 17.3 Å². The van der Waals surface area contributed by atoms with Gasteiger partial charge in [-0.1, -0.05) is 6.07 Å². The van der Waals surface area contributed by atoms with E-state index >= 15 is 0 Å². The number of rotatable bonds is 3. The first-order valence-corrected chi connectivity index (χ1v) is 6.21. The number of aryl methyl sites for hydroxylation is 2. The molecule has 0 aromatic heterocycles. The number of nitrogens with zero attached hydrogens (tertiary/aromatic N) is 1. The number of amides is 1. The Kier molecular flexibility index (Phi) is 3.98. The van der Waals surface area contributed by atoms with Crippen LogP contribution in [0.15, 0.2) is 36.4 Å². The molecule has 0 aliphatic rings. The molecule has 1 N–H and O–H groups in total. The molecule has 0 aliphatic heterocycles. The molecule has 0 unspecified atom stereocenters. The highest BCUT2D eigenvalue weighted by molar-refractivity contribution is 6.04. The molecule has 0 atom stereocenters. The maximum absolute atomic E-state index is 13.7. The van der Waals surface area contributed by atoms with Gasteiger partial charge in [-0.15, -0.1) is 0 Å². The van der Waals surface area contributed by atoms with Gasteiger partial charge in [-0.3, -0.25) is 14.9 Å². The first-order chi connectivity index (χ1) is 9.88. The van der Waals surface area contributed by atoms with E-state index in [1.165, 1.54) is 30.3 Å². The number of hydrogen-bond donors (Lipinski definition) is 1. The molecule has 108 valence electrons. The van der Waals surface area contributed by atoms with Crippen LogP contribution in [0.25, 0.3) is 0 Å². The van der Waals surface area contributed by atoms with Crippen molar-refractivity contribution in [2.45, 2.75) is 13.8 Å². The average Bonchev–Trinajstić information content (AvgIpc) is 2.37. The van der Waals surface area contributed by atoms with Gasteiger partial charge in [-0.2, -0.15) is 0 Å². The van der Waals surface area contributed by atoms with E-state index in [1.807, 2.05) is 0 Å². The molecular weight excluding hydrogens is 275 g/mol. The quantitative estimate of drug-likeness (QED) is 0.692. The van der Waals surface area contributed by atoms with Crippen LogP contribution in [0, 0.1) is 29.8 Å². The standard InChI is InChI=1S/C15H13FN2O3/c1-9-3-5-12(13(16)7-9)15(19)17-11-4-6-14(18(20)21)10(2)8-11/h3-8H,1-2H3,(H,17,19). The molecule has 0 heterocycles. The van der Waals surface area contributed by atoms with Crippen LogP contribution in [-0.4, -0.2) is 10.8 Å². The van der Waals surface area contributed by atoms with Crippen LogP contribution in [-0.2, 0) is 0 Å². The molecule has 0 saturated carbocycles. The van der Waals surface area contributed by atoms with Crippen molar-refractivity contribution in [2.75, 3.05) is 5.32 Å². The van der Waals surface area contributed by atoms with Gasteiger partial charge in [0.25, 0.3) is 11.6 Å². The monoisotopic (exact) mass is 288 g/mol. The predicted molar refractivity (Wildman–Crippen MR) is 76.9 cm³/mol. The Labute approximate surface area is 120 Å². The summed E-state index contributed by atoms with van der Waals surface area (Å²) in [6.45, 7) is 3.30. The Morgan fingerprint density at radius 1 is 1.19 bits per heavy atom. The van der Waals surface area contributed by atoms with Gasteiger partial charge in [-0.25, -0.2) is 4.39 Å². The minimum absolute atomic E-state index is 0.0329. The number of nitrogens with one attached hydrogen (secondary N) is 1. The van der Waals surface area contributed by atoms with E-state index in [-0.39, 0.29) is 11.3 Å². The molecular formula is C15H13FN2O3. The number of nitro benzene ring substituents is 1. The topological polar surface area (TPSA) is 72.2 Å². The summed E-state index contributed by atoms with van der Waals surface area (Å²) in [7, 11) is 0. The number of benzene rings is 2. The molecule has 0 bridgehead atoms. The van der Waals surface area contributed by atoms with Gasteiger partial charge in [0.05, 0.1) is 10.5 Å². The third kappa shape index (κ3) is 3.22. The van der Waals surface area contributed by atoms with Crippen LogP contribution in [0.3, 0.4) is 0 Å². The fourth-order valence-electron chi connectivity index (χ4n) is 1.94. The summed E-state index contributed by atoms with van der Waals surface area (Å²) in [6.07, 6.45) is 0. The van der Waals surface area contributed by atoms with Crippen molar-refractivity contribution < 1.29 is 14.1 Å². The van der Waals surface area contributed by atoms with Crippen molar-refractivity contribution in [3.05, 3.63) is 69.0 Å². The molecule has 0 aliphatic carbocycles. The van der Waals surface area contributed by atoms with Crippen molar-refractivity contribution in [3.8, 4) is 0 Å². The lowest BCUT2D eigenvalue weighted by molar-refractivity contribution is -0.385. The summed E-state index contributed by atoms with van der Waals surface area (Å²) in [5.41, 5.74) is 1.41. The molecule has 6 heteroatoms. The molecule has 0 spiro atoms. The highest BCUT2D eigenvalue weighted by Gasteiger charge is 2.14. The lowest BCUT2D eigenvalue weighted by atomic mass is 10.1. The Balaban J connectivity index is 2.23. The van der Waals surface area contributed by atoms with Gasteiger partial charge in [0.1, 0.15) is 5.82 Å². The van der Waals surface area contributed by atoms with E-state index < -0.39 is 16.6 Å². The second-order valence-corrected chi connectivity index (χ2v) is 4.70. The van der Waals surface area contributed by atoms with Crippen LogP contribution in [0.1, 0.15) is 21.5 Å². The van der Waals surface area contributed by atoms with Crippen LogP contribution in [0.2, 0.25) is 0 Å². The number of carbonyl (C=O) groups excluding carboxylic acids is 1. The molecule has 2 aromatic carbocycles. The first-order valence-electron chi connectivity index (χ1n) is 6.21. The predicted octanol–water partition coefficient (Wildman–Crippen LogP) is 3.60. The summed E-state index contributed by atoms with van der Waals surface area (Å²) in [6, 6.07) is 8.50. The summed E-state index contributed by atoms with van der Waals surface area (Å²) < 4.78 is 13.7. The first kappa shape index (κ1) is 14.6. The Morgan fingerprint density at radius 3 is 2.48 bits per heavy atom. The second-order valence-electron chi connectivity index (χ2n) is 4.70. The van der Waals surface area contributed by atoms with Crippen molar-refractivity contribution in [2.24, 2.45) is 0 Å². The smallest absolute Gasteiger partial charge is 0.272 e. The van der Waals surface area contributed by atoms with Crippen LogP contribution < -0.4 is 5.32 Å². The SMILES string of the molecule is Cc1ccc(C(=O)Nc2ccc([N+](=O)[O-])c(C)c2)c(F)c1. The van der Waals surface area contributed by atoms with Crippen LogP contribution in [0.5, 0.6) is 0 Å². The minimum Gasteiger partial charge on any atom is -0.322 e. The number of nitro groups is 1. The van der Waals surface area contributed by atoms with E-state index in [0.717, 1.165) is 5.56 Å². The van der Waals surface area contributed by atoms with E-state index in [4.69, 9.17) is 0 Å². The van der Waals surface area contributed by atoms with E-state index in [0.29, 0.717) is 11.3 Å². The average molecular weight is 288 g/mol. The lowest BCUT2D eigenvalue weighted by Crippen LogP contribution is -2.14. The molecule has 0 fully saturated rings. The Hall–Kier alpha value is -2.76. The Morgan fingerprint density at radius 2 is 1.90 bits per heavy atom. The summed E-state index contributed by atoms with van der Waals surface area (Å²) in [4.78, 5) is 22.2. The maximum atomic E-state index is 13.7. The third-order valence-electron chi connectivity index (χ3n) is 3.02. The lowest BCUT2D eigenvalue weighted by Gasteiger charge is -2.07. The fraction of sp³-hybridized carbons (Fsp3) is 0.133. The molecule has 1 amide bonds. The zero-order chi connectivity index (χ0) is 15.6. The summed E-state index contributed by atoms with van der Waals surface area (Å²) in [5.74, 6) is -1.20. The molecule has 0 saturated heterocycles. The van der Waals surface area contributed by atoms with E-state index in [2.05, 4.69) is 5.32 Å².